The van der Waals surface area contributed by atoms with Crippen LogP contribution in [0.15, 0.2) is 16.7 Å². The fraction of sp³-hybridized carbons (Fsp3) is 0.615. The molecule has 0 aromatic carbocycles. The minimum absolute atomic E-state index is 0.240. The van der Waals surface area contributed by atoms with Crippen molar-refractivity contribution in [3.63, 3.8) is 0 Å². The van der Waals surface area contributed by atoms with Crippen molar-refractivity contribution in [3.8, 4) is 0 Å². The predicted molar refractivity (Wildman–Crippen MR) is 79.9 cm³/mol. The van der Waals surface area contributed by atoms with Gasteiger partial charge in [-0.2, -0.15) is 0 Å². The van der Waals surface area contributed by atoms with E-state index in [1.807, 2.05) is 0 Å². The highest BCUT2D eigenvalue weighted by molar-refractivity contribution is 9.10. The largest absolute Gasteiger partial charge is 0.350 e. The van der Waals surface area contributed by atoms with Crippen molar-refractivity contribution in [2.45, 2.75) is 38.1 Å². The van der Waals surface area contributed by atoms with E-state index in [-0.39, 0.29) is 5.82 Å². The van der Waals surface area contributed by atoms with E-state index < -0.39 is 0 Å². The Bertz CT molecular complexity index is 395. The van der Waals surface area contributed by atoms with E-state index in [9.17, 15) is 4.39 Å². The molecule has 1 aromatic heterocycles. The third-order valence-electron chi connectivity index (χ3n) is 3.40. The van der Waals surface area contributed by atoms with Gasteiger partial charge in [-0.1, -0.05) is 35.2 Å². The third kappa shape index (κ3) is 3.44. The molecule has 0 spiro atoms. The average molecular weight is 380 g/mol. The van der Waals surface area contributed by atoms with Crippen LogP contribution < -0.4 is 4.90 Å². The zero-order valence-corrected chi connectivity index (χ0v) is 13.4. The van der Waals surface area contributed by atoms with Crippen LogP contribution in [-0.4, -0.2) is 22.9 Å². The van der Waals surface area contributed by atoms with E-state index in [0.717, 1.165) is 24.7 Å². The third-order valence-corrected chi connectivity index (χ3v) is 4.19. The van der Waals surface area contributed by atoms with Crippen LogP contribution in [0.2, 0.25) is 0 Å². The van der Waals surface area contributed by atoms with Gasteiger partial charge in [-0.3, -0.25) is 0 Å². The molecule has 1 aliphatic carbocycles. The first-order valence-corrected chi connectivity index (χ1v) is 8.27. The van der Waals surface area contributed by atoms with Crippen LogP contribution in [0.1, 0.15) is 32.1 Å². The van der Waals surface area contributed by atoms with Gasteiger partial charge in [0.25, 0.3) is 0 Å². The molecule has 0 bridgehead atoms. The van der Waals surface area contributed by atoms with E-state index in [2.05, 4.69) is 41.7 Å². The van der Waals surface area contributed by atoms with Crippen molar-refractivity contribution < 1.29 is 4.39 Å². The number of hydrogen-bond acceptors (Lipinski definition) is 2. The summed E-state index contributed by atoms with van der Waals surface area (Å²) in [5.74, 6) is 0.250. The Morgan fingerprint density at radius 1 is 1.33 bits per heavy atom. The number of nitrogens with zero attached hydrogens (tertiary/aromatic N) is 2. The van der Waals surface area contributed by atoms with Crippen LogP contribution in [0, 0.1) is 5.82 Å². The second-order valence-electron chi connectivity index (χ2n) is 4.63. The SMILES string of the molecule is Fc1cc(Br)cnc1N(CCBr)C1CCCCC1. The fourth-order valence-corrected chi connectivity index (χ4v) is 3.25. The minimum Gasteiger partial charge on any atom is -0.350 e. The quantitative estimate of drug-likeness (QED) is 0.715. The van der Waals surface area contributed by atoms with Crippen LogP contribution in [0.5, 0.6) is 0 Å². The van der Waals surface area contributed by atoms with Crippen molar-refractivity contribution >= 4 is 37.7 Å². The molecular formula is C13H17Br2FN2. The van der Waals surface area contributed by atoms with Gasteiger partial charge in [0.1, 0.15) is 0 Å². The van der Waals surface area contributed by atoms with Gasteiger partial charge in [0.2, 0.25) is 0 Å². The number of hydrogen-bond donors (Lipinski definition) is 0. The summed E-state index contributed by atoms with van der Waals surface area (Å²) in [5, 5.41) is 0.834. The molecule has 18 heavy (non-hydrogen) atoms. The van der Waals surface area contributed by atoms with E-state index in [1.54, 1.807) is 6.20 Å². The fourth-order valence-electron chi connectivity index (χ4n) is 2.56. The molecule has 5 heteroatoms. The Hall–Kier alpha value is -0.160. The second kappa shape index (κ2) is 6.85. The maximum atomic E-state index is 14.0. The van der Waals surface area contributed by atoms with Crippen LogP contribution in [0.4, 0.5) is 10.2 Å². The summed E-state index contributed by atoms with van der Waals surface area (Å²) in [5.41, 5.74) is 0. The summed E-state index contributed by atoms with van der Waals surface area (Å²) < 4.78 is 14.7. The molecule has 2 rings (SSSR count). The standard InChI is InChI=1S/C13H17Br2FN2/c14-6-7-18(11-4-2-1-3-5-11)13-12(16)8-10(15)9-17-13/h8-9,11H,1-7H2. The molecule has 0 radical (unpaired) electrons. The molecule has 0 unspecified atom stereocenters. The lowest BCUT2D eigenvalue weighted by atomic mass is 9.94. The highest BCUT2D eigenvalue weighted by atomic mass is 79.9. The number of aromatic nitrogens is 1. The summed E-state index contributed by atoms with van der Waals surface area (Å²) >= 11 is 6.70. The summed E-state index contributed by atoms with van der Waals surface area (Å²) in [6.07, 6.45) is 7.73. The lowest BCUT2D eigenvalue weighted by Crippen LogP contribution is -2.39. The maximum absolute atomic E-state index is 14.0. The number of pyridine rings is 1. The monoisotopic (exact) mass is 378 g/mol. The van der Waals surface area contributed by atoms with Gasteiger partial charge in [-0.25, -0.2) is 9.37 Å². The van der Waals surface area contributed by atoms with Gasteiger partial charge in [0, 0.05) is 28.6 Å². The van der Waals surface area contributed by atoms with Gasteiger partial charge in [-0.05, 0) is 34.8 Å². The summed E-state index contributed by atoms with van der Waals surface area (Å²) in [4.78, 5) is 6.38. The molecule has 1 heterocycles. The van der Waals surface area contributed by atoms with Crippen molar-refractivity contribution in [2.75, 3.05) is 16.8 Å². The summed E-state index contributed by atoms with van der Waals surface area (Å²) in [6, 6.07) is 1.92. The van der Waals surface area contributed by atoms with Gasteiger partial charge < -0.3 is 4.90 Å². The molecular weight excluding hydrogens is 363 g/mol. The molecule has 1 saturated carbocycles. The molecule has 1 aliphatic rings. The number of halogens is 3. The first kappa shape index (κ1) is 14.3. The van der Waals surface area contributed by atoms with Gasteiger partial charge >= 0.3 is 0 Å². The molecule has 0 atom stereocenters. The van der Waals surface area contributed by atoms with Crippen molar-refractivity contribution in [3.05, 3.63) is 22.6 Å². The Kier molecular flexibility index (Phi) is 5.42. The molecule has 1 aromatic rings. The van der Waals surface area contributed by atoms with E-state index >= 15 is 0 Å². The molecule has 0 aliphatic heterocycles. The highest BCUT2D eigenvalue weighted by Gasteiger charge is 2.24. The van der Waals surface area contributed by atoms with E-state index in [4.69, 9.17) is 0 Å². The van der Waals surface area contributed by atoms with Gasteiger partial charge in [0.15, 0.2) is 11.6 Å². The summed E-state index contributed by atoms with van der Waals surface area (Å²) in [6.45, 7) is 0.802. The molecule has 1 fully saturated rings. The lowest BCUT2D eigenvalue weighted by Gasteiger charge is -2.35. The van der Waals surface area contributed by atoms with E-state index in [1.165, 1.54) is 25.3 Å². The molecule has 0 N–H and O–H groups in total. The second-order valence-corrected chi connectivity index (χ2v) is 6.34. The number of anilines is 1. The van der Waals surface area contributed by atoms with Crippen molar-refractivity contribution in [1.82, 2.24) is 4.98 Å². The lowest BCUT2D eigenvalue weighted by molar-refractivity contribution is 0.413. The number of rotatable bonds is 4. The molecule has 0 saturated heterocycles. The highest BCUT2D eigenvalue weighted by Crippen LogP contribution is 2.28. The van der Waals surface area contributed by atoms with Crippen LogP contribution in [-0.2, 0) is 0 Å². The molecule has 2 nitrogen and oxygen atoms in total. The smallest absolute Gasteiger partial charge is 0.166 e. The van der Waals surface area contributed by atoms with Gasteiger partial charge in [-0.15, -0.1) is 0 Å². The Morgan fingerprint density at radius 3 is 2.67 bits per heavy atom. The Balaban J connectivity index is 2.22. The topological polar surface area (TPSA) is 16.1 Å². The normalized spacial score (nSPS) is 16.8. The van der Waals surface area contributed by atoms with Crippen LogP contribution >= 0.6 is 31.9 Å². The summed E-state index contributed by atoms with van der Waals surface area (Å²) in [7, 11) is 0. The zero-order valence-electron chi connectivity index (χ0n) is 10.2. The Morgan fingerprint density at radius 2 is 2.06 bits per heavy atom. The van der Waals surface area contributed by atoms with Crippen molar-refractivity contribution in [1.29, 1.82) is 0 Å². The minimum atomic E-state index is -0.240. The average Bonchev–Trinajstić information content (AvgIpc) is 2.38. The van der Waals surface area contributed by atoms with Crippen LogP contribution in [0.25, 0.3) is 0 Å². The first-order chi connectivity index (χ1) is 8.72. The van der Waals surface area contributed by atoms with Crippen molar-refractivity contribution in [2.24, 2.45) is 0 Å². The van der Waals surface area contributed by atoms with E-state index in [0.29, 0.717) is 16.3 Å². The maximum Gasteiger partial charge on any atom is 0.166 e. The first-order valence-electron chi connectivity index (χ1n) is 6.36. The Labute approximate surface area is 124 Å². The zero-order chi connectivity index (χ0) is 13.0. The predicted octanol–water partition coefficient (Wildman–Crippen LogP) is 4.52. The molecule has 0 amide bonds. The molecule has 100 valence electrons. The van der Waals surface area contributed by atoms with Gasteiger partial charge in [0.05, 0.1) is 0 Å². The number of alkyl halides is 1. The van der Waals surface area contributed by atoms with Crippen LogP contribution in [0.3, 0.4) is 0 Å².